The first-order valence-electron chi connectivity index (χ1n) is 5.08. The third-order valence-corrected chi connectivity index (χ3v) is 2.98. The summed E-state index contributed by atoms with van der Waals surface area (Å²) in [5, 5.41) is 0. The Morgan fingerprint density at radius 1 is 1.18 bits per heavy atom. The summed E-state index contributed by atoms with van der Waals surface area (Å²) < 4.78 is 19.4. The van der Waals surface area contributed by atoms with Crippen LogP contribution >= 0.6 is 15.9 Å². The predicted molar refractivity (Wildman–Crippen MR) is 69.3 cm³/mol. The first-order valence-corrected chi connectivity index (χ1v) is 5.87. The summed E-state index contributed by atoms with van der Waals surface area (Å²) in [5.74, 6) is -0.267. The highest BCUT2D eigenvalue weighted by molar-refractivity contribution is 9.10. The van der Waals surface area contributed by atoms with Gasteiger partial charge in [0, 0.05) is 16.2 Å². The van der Waals surface area contributed by atoms with Crippen LogP contribution in [0.2, 0.25) is 0 Å². The van der Waals surface area contributed by atoms with Crippen LogP contribution in [0.3, 0.4) is 0 Å². The molecule has 4 heteroatoms. The molecule has 88 valence electrons. The van der Waals surface area contributed by atoms with E-state index >= 15 is 0 Å². The van der Waals surface area contributed by atoms with Gasteiger partial charge in [-0.1, -0.05) is 30.3 Å². The van der Waals surface area contributed by atoms with Gasteiger partial charge in [0.2, 0.25) is 0 Å². The lowest BCUT2D eigenvalue weighted by Gasteiger charge is -2.09. The highest BCUT2D eigenvalue weighted by Gasteiger charge is 2.07. The number of nitrogens with two attached hydrogens (primary N) is 1. The fourth-order valence-corrected chi connectivity index (χ4v) is 1.71. The zero-order chi connectivity index (χ0) is 12.3. The van der Waals surface area contributed by atoms with Crippen molar-refractivity contribution in [2.45, 2.75) is 6.61 Å². The monoisotopic (exact) mass is 295 g/mol. The van der Waals surface area contributed by atoms with Crippen molar-refractivity contribution in [2.24, 2.45) is 0 Å². The average Bonchev–Trinajstić information content (AvgIpc) is 2.33. The van der Waals surface area contributed by atoms with Crippen molar-refractivity contribution in [3.63, 3.8) is 0 Å². The Morgan fingerprint density at radius 3 is 2.59 bits per heavy atom. The van der Waals surface area contributed by atoms with E-state index in [-0.39, 0.29) is 5.75 Å². The van der Waals surface area contributed by atoms with Crippen LogP contribution in [0.15, 0.2) is 46.9 Å². The van der Waals surface area contributed by atoms with E-state index in [9.17, 15) is 4.39 Å². The summed E-state index contributed by atoms with van der Waals surface area (Å²) in [4.78, 5) is 0. The molecule has 0 saturated carbocycles. The molecule has 0 aliphatic carbocycles. The molecular formula is C13H11BrFNO. The second-order valence-corrected chi connectivity index (χ2v) is 4.43. The molecule has 2 aromatic rings. The van der Waals surface area contributed by atoms with Crippen molar-refractivity contribution in [1.29, 1.82) is 0 Å². The van der Waals surface area contributed by atoms with Gasteiger partial charge in [-0.2, -0.15) is 0 Å². The van der Waals surface area contributed by atoms with Gasteiger partial charge >= 0.3 is 0 Å². The van der Waals surface area contributed by atoms with E-state index < -0.39 is 5.82 Å². The van der Waals surface area contributed by atoms with E-state index in [0.29, 0.717) is 16.8 Å². The minimum absolute atomic E-state index is 0.162. The summed E-state index contributed by atoms with van der Waals surface area (Å²) >= 11 is 3.16. The van der Waals surface area contributed by atoms with Crippen molar-refractivity contribution < 1.29 is 9.13 Å². The number of rotatable bonds is 3. The molecule has 2 rings (SSSR count). The molecule has 0 aromatic heterocycles. The quantitative estimate of drug-likeness (QED) is 0.875. The fourth-order valence-electron chi connectivity index (χ4n) is 1.39. The van der Waals surface area contributed by atoms with Crippen molar-refractivity contribution in [2.75, 3.05) is 5.73 Å². The van der Waals surface area contributed by atoms with Crippen molar-refractivity contribution in [1.82, 2.24) is 0 Å². The summed E-state index contributed by atoms with van der Waals surface area (Å²) in [6.45, 7) is 0.318. The lowest BCUT2D eigenvalue weighted by atomic mass is 10.2. The molecule has 0 heterocycles. The van der Waals surface area contributed by atoms with Crippen LogP contribution in [0, 0.1) is 5.82 Å². The molecule has 0 atom stereocenters. The zero-order valence-electron chi connectivity index (χ0n) is 8.99. The topological polar surface area (TPSA) is 35.2 Å². The molecule has 2 nitrogen and oxygen atoms in total. The number of anilines is 1. The molecule has 2 N–H and O–H groups in total. The van der Waals surface area contributed by atoms with E-state index in [1.54, 1.807) is 0 Å². The Kier molecular flexibility index (Phi) is 3.64. The molecule has 0 unspecified atom stereocenters. The van der Waals surface area contributed by atoms with Crippen LogP contribution in [0.4, 0.5) is 10.1 Å². The maximum atomic E-state index is 13.5. The van der Waals surface area contributed by atoms with Crippen molar-refractivity contribution >= 4 is 21.6 Å². The van der Waals surface area contributed by atoms with Gasteiger partial charge in [0.15, 0.2) is 11.6 Å². The Bertz CT molecular complexity index is 516. The molecule has 17 heavy (non-hydrogen) atoms. The largest absolute Gasteiger partial charge is 0.486 e. The zero-order valence-corrected chi connectivity index (χ0v) is 10.6. The van der Waals surface area contributed by atoms with Gasteiger partial charge in [0.05, 0.1) is 0 Å². The molecule has 0 radical (unpaired) electrons. The maximum absolute atomic E-state index is 13.5. The average molecular weight is 296 g/mol. The second kappa shape index (κ2) is 5.19. The number of hydrogen-bond acceptors (Lipinski definition) is 2. The predicted octanol–water partition coefficient (Wildman–Crippen LogP) is 3.75. The molecular weight excluding hydrogens is 285 g/mol. The molecule has 0 fully saturated rings. The first-order chi connectivity index (χ1) is 8.16. The number of benzene rings is 2. The highest BCUT2D eigenvalue weighted by atomic mass is 79.9. The van der Waals surface area contributed by atoms with Crippen molar-refractivity contribution in [3.05, 3.63) is 58.3 Å². The Hall–Kier alpha value is -1.55. The van der Waals surface area contributed by atoms with Gasteiger partial charge in [0.25, 0.3) is 0 Å². The van der Waals surface area contributed by atoms with E-state index in [1.165, 1.54) is 12.1 Å². The Morgan fingerprint density at radius 2 is 1.88 bits per heavy atom. The van der Waals surface area contributed by atoms with E-state index in [2.05, 4.69) is 15.9 Å². The van der Waals surface area contributed by atoms with Gasteiger partial charge in [-0.05, 0) is 27.6 Å². The molecule has 0 aliphatic heterocycles. The summed E-state index contributed by atoms with van der Waals surface area (Å²) in [6, 6.07) is 12.3. The first kappa shape index (κ1) is 11.9. The third kappa shape index (κ3) is 2.97. The van der Waals surface area contributed by atoms with Crippen LogP contribution in [-0.2, 0) is 6.61 Å². The summed E-state index contributed by atoms with van der Waals surface area (Å²) in [6.07, 6.45) is 0. The maximum Gasteiger partial charge on any atom is 0.166 e. The number of halogens is 2. The lowest BCUT2D eigenvalue weighted by Crippen LogP contribution is -1.99. The van der Waals surface area contributed by atoms with Crippen molar-refractivity contribution in [3.8, 4) is 5.75 Å². The molecule has 0 spiro atoms. The summed E-state index contributed by atoms with van der Waals surface area (Å²) in [7, 11) is 0. The highest BCUT2D eigenvalue weighted by Crippen LogP contribution is 2.28. The number of ether oxygens (including phenoxy) is 1. The smallest absolute Gasteiger partial charge is 0.166 e. The minimum atomic E-state index is -0.429. The standard InChI is InChI=1S/C13H11BrFNO/c14-10-6-11(15)13(7-12(10)16)17-8-9-4-2-1-3-5-9/h1-7H,8,16H2. The normalized spacial score (nSPS) is 10.2. The fraction of sp³-hybridized carbons (Fsp3) is 0.0769. The summed E-state index contributed by atoms with van der Waals surface area (Å²) in [5.41, 5.74) is 7.10. The minimum Gasteiger partial charge on any atom is -0.486 e. The van der Waals surface area contributed by atoms with Gasteiger partial charge in [-0.25, -0.2) is 4.39 Å². The molecule has 2 aromatic carbocycles. The van der Waals surface area contributed by atoms with Gasteiger partial charge in [-0.3, -0.25) is 0 Å². The number of hydrogen-bond donors (Lipinski definition) is 1. The third-order valence-electron chi connectivity index (χ3n) is 2.29. The van der Waals surface area contributed by atoms with Crippen LogP contribution in [0.5, 0.6) is 5.75 Å². The molecule has 0 amide bonds. The lowest BCUT2D eigenvalue weighted by molar-refractivity contribution is 0.290. The van der Waals surface area contributed by atoms with Crippen LogP contribution in [0.25, 0.3) is 0 Å². The van der Waals surface area contributed by atoms with Crippen LogP contribution in [0.1, 0.15) is 5.56 Å². The van der Waals surface area contributed by atoms with Gasteiger partial charge in [0.1, 0.15) is 6.61 Å². The SMILES string of the molecule is Nc1cc(OCc2ccccc2)c(F)cc1Br. The molecule has 0 aliphatic rings. The van der Waals surface area contributed by atoms with Crippen LogP contribution < -0.4 is 10.5 Å². The van der Waals surface area contributed by atoms with Crippen LogP contribution in [-0.4, -0.2) is 0 Å². The molecule has 0 saturated heterocycles. The van der Waals surface area contributed by atoms with Gasteiger partial charge in [-0.15, -0.1) is 0 Å². The second-order valence-electron chi connectivity index (χ2n) is 3.58. The van der Waals surface area contributed by atoms with E-state index in [4.69, 9.17) is 10.5 Å². The van der Waals surface area contributed by atoms with Gasteiger partial charge < -0.3 is 10.5 Å². The van der Waals surface area contributed by atoms with E-state index in [0.717, 1.165) is 5.56 Å². The Balaban J connectivity index is 2.12. The Labute approximate surface area is 107 Å². The van der Waals surface area contributed by atoms with E-state index in [1.807, 2.05) is 30.3 Å². The number of nitrogen functional groups attached to an aromatic ring is 1. The molecule has 0 bridgehead atoms.